The summed E-state index contributed by atoms with van der Waals surface area (Å²) in [7, 11) is 1.93. The molecule has 90 valence electrons. The normalized spacial score (nSPS) is 10.7. The number of hydrogen-bond acceptors (Lipinski definition) is 2. The lowest BCUT2D eigenvalue weighted by Crippen LogP contribution is -2.11. The second-order valence-electron chi connectivity index (χ2n) is 3.90. The Labute approximate surface area is 107 Å². The summed E-state index contributed by atoms with van der Waals surface area (Å²) in [6.45, 7) is 1.63. The summed E-state index contributed by atoms with van der Waals surface area (Å²) < 4.78 is 5.68. The molecule has 0 aliphatic heterocycles. The Kier molecular flexibility index (Phi) is 4.24. The van der Waals surface area contributed by atoms with E-state index in [1.807, 2.05) is 43.4 Å². The van der Waals surface area contributed by atoms with E-state index in [-0.39, 0.29) is 0 Å². The van der Waals surface area contributed by atoms with Crippen LogP contribution in [0.15, 0.2) is 36.4 Å². The zero-order valence-electron chi connectivity index (χ0n) is 9.87. The molecule has 0 atom stereocenters. The molecule has 2 aromatic rings. The van der Waals surface area contributed by atoms with Gasteiger partial charge in [-0.15, -0.1) is 0 Å². The molecule has 2 aromatic carbocycles. The molecule has 3 heteroatoms. The monoisotopic (exact) mass is 249 g/mol. The Morgan fingerprint density at radius 2 is 2.00 bits per heavy atom. The first-order valence-corrected chi connectivity index (χ1v) is 6.15. The molecule has 17 heavy (non-hydrogen) atoms. The highest BCUT2D eigenvalue weighted by atomic mass is 35.5. The highest BCUT2D eigenvalue weighted by molar-refractivity contribution is 6.37. The van der Waals surface area contributed by atoms with Crippen LogP contribution in [0.1, 0.15) is 6.42 Å². The number of benzene rings is 2. The molecule has 0 heterocycles. The van der Waals surface area contributed by atoms with Crippen molar-refractivity contribution in [1.82, 2.24) is 5.32 Å². The number of ether oxygens (including phenoxy) is 1. The van der Waals surface area contributed by atoms with Gasteiger partial charge in [0, 0.05) is 5.39 Å². The first-order chi connectivity index (χ1) is 8.33. The second-order valence-corrected chi connectivity index (χ2v) is 4.28. The zero-order valence-corrected chi connectivity index (χ0v) is 10.6. The summed E-state index contributed by atoms with van der Waals surface area (Å²) >= 11 is 6.31. The summed E-state index contributed by atoms with van der Waals surface area (Å²) in [4.78, 5) is 0. The van der Waals surface area contributed by atoms with Crippen LogP contribution in [0, 0.1) is 0 Å². The molecule has 2 nitrogen and oxygen atoms in total. The van der Waals surface area contributed by atoms with Crippen LogP contribution >= 0.6 is 11.6 Å². The lowest BCUT2D eigenvalue weighted by Gasteiger charge is -2.09. The quantitative estimate of drug-likeness (QED) is 0.820. The topological polar surface area (TPSA) is 21.3 Å². The first-order valence-electron chi connectivity index (χ1n) is 5.77. The van der Waals surface area contributed by atoms with E-state index in [0.717, 1.165) is 29.5 Å². The van der Waals surface area contributed by atoms with Crippen LogP contribution in [-0.4, -0.2) is 20.2 Å². The van der Waals surface area contributed by atoms with Gasteiger partial charge in [-0.1, -0.05) is 41.9 Å². The first kappa shape index (κ1) is 12.2. The third kappa shape index (κ3) is 2.90. The van der Waals surface area contributed by atoms with E-state index in [1.54, 1.807) is 0 Å². The Balaban J connectivity index is 2.15. The number of nitrogens with one attached hydrogen (secondary N) is 1. The third-order valence-corrected chi connectivity index (χ3v) is 3.05. The summed E-state index contributed by atoms with van der Waals surface area (Å²) in [6, 6.07) is 12.0. The molecule has 2 rings (SSSR count). The molecule has 0 bridgehead atoms. The lowest BCUT2D eigenvalue weighted by atomic mass is 10.1. The molecule has 0 spiro atoms. The highest BCUT2D eigenvalue weighted by Crippen LogP contribution is 2.32. The fraction of sp³-hybridized carbons (Fsp3) is 0.286. The maximum absolute atomic E-state index is 6.31. The van der Waals surface area contributed by atoms with Crippen molar-refractivity contribution in [3.63, 3.8) is 0 Å². The lowest BCUT2D eigenvalue weighted by molar-refractivity contribution is 0.310. The summed E-state index contributed by atoms with van der Waals surface area (Å²) in [5.41, 5.74) is 0. The third-order valence-electron chi connectivity index (χ3n) is 2.66. The maximum Gasteiger partial charge on any atom is 0.138 e. The van der Waals surface area contributed by atoms with Gasteiger partial charge in [-0.2, -0.15) is 0 Å². The van der Waals surface area contributed by atoms with Gasteiger partial charge in [0.2, 0.25) is 0 Å². The Morgan fingerprint density at radius 3 is 2.82 bits per heavy atom. The van der Waals surface area contributed by atoms with Crippen LogP contribution in [0.3, 0.4) is 0 Å². The molecule has 0 aromatic heterocycles. The van der Waals surface area contributed by atoms with E-state index in [2.05, 4.69) is 5.32 Å². The fourth-order valence-electron chi connectivity index (χ4n) is 1.76. The highest BCUT2D eigenvalue weighted by Gasteiger charge is 2.05. The van der Waals surface area contributed by atoms with Gasteiger partial charge >= 0.3 is 0 Å². The Bertz CT molecular complexity index is 499. The van der Waals surface area contributed by atoms with Crippen LogP contribution in [-0.2, 0) is 0 Å². The van der Waals surface area contributed by atoms with E-state index in [0.29, 0.717) is 11.6 Å². The Hall–Kier alpha value is -1.25. The van der Waals surface area contributed by atoms with Crippen LogP contribution in [0.25, 0.3) is 10.8 Å². The molecule has 0 saturated carbocycles. The minimum atomic E-state index is 0.679. The van der Waals surface area contributed by atoms with Crippen molar-refractivity contribution in [2.75, 3.05) is 20.2 Å². The van der Waals surface area contributed by atoms with Crippen molar-refractivity contribution in [2.45, 2.75) is 6.42 Å². The van der Waals surface area contributed by atoms with Gasteiger partial charge in [0.25, 0.3) is 0 Å². The molecule has 1 N–H and O–H groups in total. The summed E-state index contributed by atoms with van der Waals surface area (Å²) in [5.74, 6) is 0.765. The average molecular weight is 250 g/mol. The summed E-state index contributed by atoms with van der Waals surface area (Å²) in [5, 5.41) is 5.97. The minimum Gasteiger partial charge on any atom is -0.492 e. The van der Waals surface area contributed by atoms with Crippen molar-refractivity contribution < 1.29 is 4.74 Å². The molecular formula is C14H16ClNO. The van der Waals surface area contributed by atoms with Gasteiger partial charge in [0.15, 0.2) is 0 Å². The summed E-state index contributed by atoms with van der Waals surface area (Å²) in [6.07, 6.45) is 0.972. The average Bonchev–Trinajstić information content (AvgIpc) is 2.37. The number of hydrogen-bond donors (Lipinski definition) is 1. The van der Waals surface area contributed by atoms with Gasteiger partial charge in [-0.3, -0.25) is 0 Å². The maximum atomic E-state index is 6.31. The van der Waals surface area contributed by atoms with E-state index in [1.165, 1.54) is 0 Å². The number of halogens is 1. The molecule has 0 radical (unpaired) electrons. The molecule has 0 amide bonds. The molecule has 0 unspecified atom stereocenters. The van der Waals surface area contributed by atoms with Crippen LogP contribution in [0.2, 0.25) is 5.02 Å². The molecule has 0 aliphatic rings. The SMILES string of the molecule is CNCCCOc1ccc2ccccc2c1Cl. The van der Waals surface area contributed by atoms with Gasteiger partial charge < -0.3 is 10.1 Å². The predicted octanol–water partition coefficient (Wildman–Crippen LogP) is 3.48. The molecule has 0 saturated heterocycles. The zero-order chi connectivity index (χ0) is 12.1. The van der Waals surface area contributed by atoms with Crippen molar-refractivity contribution in [3.05, 3.63) is 41.4 Å². The van der Waals surface area contributed by atoms with Crippen molar-refractivity contribution >= 4 is 22.4 Å². The van der Waals surface area contributed by atoms with Gasteiger partial charge in [-0.25, -0.2) is 0 Å². The van der Waals surface area contributed by atoms with Gasteiger partial charge in [0.05, 0.1) is 11.6 Å². The van der Waals surface area contributed by atoms with E-state index in [9.17, 15) is 0 Å². The van der Waals surface area contributed by atoms with Crippen molar-refractivity contribution in [3.8, 4) is 5.75 Å². The van der Waals surface area contributed by atoms with Crippen LogP contribution in [0.5, 0.6) is 5.75 Å². The fourth-order valence-corrected chi connectivity index (χ4v) is 2.05. The Morgan fingerprint density at radius 1 is 1.18 bits per heavy atom. The van der Waals surface area contributed by atoms with Crippen molar-refractivity contribution in [2.24, 2.45) is 0 Å². The number of fused-ring (bicyclic) bond motifs is 1. The predicted molar refractivity (Wildman–Crippen MR) is 73.0 cm³/mol. The smallest absolute Gasteiger partial charge is 0.138 e. The standard InChI is InChI=1S/C14H16ClNO/c1-16-9-4-10-17-13-8-7-11-5-2-3-6-12(11)14(13)15/h2-3,5-8,16H,4,9-10H2,1H3. The van der Waals surface area contributed by atoms with E-state index < -0.39 is 0 Å². The molecular weight excluding hydrogens is 234 g/mol. The van der Waals surface area contributed by atoms with Gasteiger partial charge in [-0.05, 0) is 31.5 Å². The second kappa shape index (κ2) is 5.89. The number of rotatable bonds is 5. The van der Waals surface area contributed by atoms with Crippen LogP contribution < -0.4 is 10.1 Å². The minimum absolute atomic E-state index is 0.679. The van der Waals surface area contributed by atoms with E-state index >= 15 is 0 Å². The largest absolute Gasteiger partial charge is 0.492 e. The van der Waals surface area contributed by atoms with Crippen molar-refractivity contribution in [1.29, 1.82) is 0 Å². The van der Waals surface area contributed by atoms with Crippen LogP contribution in [0.4, 0.5) is 0 Å². The van der Waals surface area contributed by atoms with E-state index in [4.69, 9.17) is 16.3 Å². The molecule has 0 aliphatic carbocycles. The van der Waals surface area contributed by atoms with Gasteiger partial charge in [0.1, 0.15) is 5.75 Å². The molecule has 0 fully saturated rings.